The first kappa shape index (κ1) is 10.3. The van der Waals surface area contributed by atoms with Gasteiger partial charge in [-0.3, -0.25) is 9.59 Å². The second-order valence-corrected chi connectivity index (χ2v) is 4.43. The van der Waals surface area contributed by atoms with Gasteiger partial charge in [0, 0.05) is 24.3 Å². The van der Waals surface area contributed by atoms with Crippen LogP contribution in [0.2, 0.25) is 0 Å². The molecule has 2 aliphatic rings. The molecule has 0 spiro atoms. The third-order valence-electron chi connectivity index (χ3n) is 3.11. The highest BCUT2D eigenvalue weighted by Crippen LogP contribution is 2.23. The summed E-state index contributed by atoms with van der Waals surface area (Å²) in [6.45, 7) is 1.66. The lowest BCUT2D eigenvalue weighted by Crippen LogP contribution is -2.56. The summed E-state index contributed by atoms with van der Waals surface area (Å²) in [7, 11) is 0. The van der Waals surface area contributed by atoms with Crippen LogP contribution in [0.25, 0.3) is 0 Å². The number of carbonyl (C=O) groups excluding carboxylic acids is 2. The number of benzene rings is 1. The summed E-state index contributed by atoms with van der Waals surface area (Å²) in [6, 6.07) is 5.55. The largest absolute Gasteiger partial charge is 0.347 e. The maximum Gasteiger partial charge on any atom is 0.251 e. The smallest absolute Gasteiger partial charge is 0.251 e. The molecule has 0 aliphatic carbocycles. The highest BCUT2D eigenvalue weighted by Gasteiger charge is 2.22. The van der Waals surface area contributed by atoms with E-state index in [1.807, 2.05) is 0 Å². The summed E-state index contributed by atoms with van der Waals surface area (Å²) < 4.78 is 0. The molecular weight excluding hydrogens is 218 g/mol. The molecule has 88 valence electrons. The van der Waals surface area contributed by atoms with E-state index < -0.39 is 0 Å². The Morgan fingerprint density at radius 3 is 2.88 bits per heavy atom. The van der Waals surface area contributed by atoms with E-state index in [4.69, 9.17) is 0 Å². The highest BCUT2D eigenvalue weighted by atomic mass is 16.2. The number of carbonyl (C=O) groups is 2. The molecule has 3 rings (SSSR count). The van der Waals surface area contributed by atoms with Crippen LogP contribution < -0.4 is 16.0 Å². The Labute approximate surface area is 98.6 Å². The Kier molecular flexibility index (Phi) is 2.33. The van der Waals surface area contributed by atoms with Gasteiger partial charge in [0.1, 0.15) is 0 Å². The third-order valence-corrected chi connectivity index (χ3v) is 3.11. The number of nitrogens with one attached hydrogen (secondary N) is 3. The first-order chi connectivity index (χ1) is 8.22. The number of fused-ring (bicyclic) bond motifs is 1. The Bertz CT molecular complexity index is 495. The average Bonchev–Trinajstić information content (AvgIpc) is 2.62. The zero-order valence-corrected chi connectivity index (χ0v) is 9.25. The molecule has 0 radical (unpaired) electrons. The van der Waals surface area contributed by atoms with E-state index in [-0.39, 0.29) is 17.9 Å². The number of anilines is 1. The molecule has 1 aromatic carbocycles. The molecule has 1 saturated heterocycles. The molecule has 1 aromatic rings. The minimum atomic E-state index is -0.0707. The van der Waals surface area contributed by atoms with Crippen molar-refractivity contribution in [3.8, 4) is 0 Å². The van der Waals surface area contributed by atoms with Crippen molar-refractivity contribution in [2.75, 3.05) is 18.4 Å². The molecule has 3 N–H and O–H groups in total. The van der Waals surface area contributed by atoms with Crippen molar-refractivity contribution in [3.63, 3.8) is 0 Å². The first-order valence-electron chi connectivity index (χ1n) is 5.67. The van der Waals surface area contributed by atoms with E-state index in [0.717, 1.165) is 24.3 Å². The summed E-state index contributed by atoms with van der Waals surface area (Å²) in [6.07, 6.45) is 0.363. The van der Waals surface area contributed by atoms with E-state index >= 15 is 0 Å². The molecular formula is C12H13N3O2. The highest BCUT2D eigenvalue weighted by molar-refractivity contribution is 6.01. The van der Waals surface area contributed by atoms with Gasteiger partial charge in [0.15, 0.2) is 0 Å². The lowest BCUT2D eigenvalue weighted by atomic mass is 10.1. The molecule has 2 amide bonds. The second kappa shape index (κ2) is 3.85. The summed E-state index contributed by atoms with van der Waals surface area (Å²) in [5.74, 6) is -0.0839. The lowest BCUT2D eigenvalue weighted by molar-refractivity contribution is -0.115. The Morgan fingerprint density at radius 1 is 1.35 bits per heavy atom. The Hall–Kier alpha value is -1.88. The standard InChI is InChI=1S/C12H13N3O2/c16-11-4-8-3-7(1-2-10(8)15-11)12(17)14-9-5-13-6-9/h1-3,9,13H,4-6H2,(H,14,17)(H,15,16). The zero-order chi connectivity index (χ0) is 11.8. The van der Waals surface area contributed by atoms with Gasteiger partial charge in [0.05, 0.1) is 12.5 Å². The fourth-order valence-corrected chi connectivity index (χ4v) is 2.03. The number of amides is 2. The van der Waals surface area contributed by atoms with Crippen LogP contribution in [-0.2, 0) is 11.2 Å². The monoisotopic (exact) mass is 231 g/mol. The number of hydrogen-bond acceptors (Lipinski definition) is 3. The quantitative estimate of drug-likeness (QED) is 0.664. The first-order valence-corrected chi connectivity index (χ1v) is 5.67. The van der Waals surface area contributed by atoms with Crippen molar-refractivity contribution in [3.05, 3.63) is 29.3 Å². The molecule has 0 saturated carbocycles. The summed E-state index contributed by atoms with van der Waals surface area (Å²) in [5.41, 5.74) is 2.33. The second-order valence-electron chi connectivity index (χ2n) is 4.43. The predicted molar refractivity (Wildman–Crippen MR) is 62.9 cm³/mol. The van der Waals surface area contributed by atoms with Gasteiger partial charge in [0.2, 0.25) is 5.91 Å². The van der Waals surface area contributed by atoms with E-state index in [9.17, 15) is 9.59 Å². The maximum absolute atomic E-state index is 11.9. The van der Waals surface area contributed by atoms with Crippen LogP contribution in [0.4, 0.5) is 5.69 Å². The fraction of sp³-hybridized carbons (Fsp3) is 0.333. The summed E-state index contributed by atoms with van der Waals surface area (Å²) in [4.78, 5) is 23.1. The molecule has 5 heteroatoms. The van der Waals surface area contributed by atoms with Crippen LogP contribution in [0.5, 0.6) is 0 Å². The Morgan fingerprint density at radius 2 is 2.18 bits per heavy atom. The van der Waals surface area contributed by atoms with Crippen LogP contribution >= 0.6 is 0 Å². The van der Waals surface area contributed by atoms with Crippen LogP contribution in [0.3, 0.4) is 0 Å². The fourth-order valence-electron chi connectivity index (χ4n) is 2.03. The van der Waals surface area contributed by atoms with Crippen LogP contribution in [-0.4, -0.2) is 30.9 Å². The van der Waals surface area contributed by atoms with Gasteiger partial charge in [-0.15, -0.1) is 0 Å². The third kappa shape index (κ3) is 1.89. The summed E-state index contributed by atoms with van der Waals surface area (Å²) >= 11 is 0. The zero-order valence-electron chi connectivity index (χ0n) is 9.25. The molecule has 0 bridgehead atoms. The van der Waals surface area contributed by atoms with Crippen LogP contribution in [0, 0.1) is 0 Å². The van der Waals surface area contributed by atoms with Crippen LogP contribution in [0.1, 0.15) is 15.9 Å². The molecule has 0 aromatic heterocycles. The molecule has 2 aliphatic heterocycles. The molecule has 2 heterocycles. The van der Waals surface area contributed by atoms with Crippen molar-refractivity contribution in [2.24, 2.45) is 0 Å². The number of hydrogen-bond donors (Lipinski definition) is 3. The minimum Gasteiger partial charge on any atom is -0.347 e. The SMILES string of the molecule is O=C1Cc2cc(C(=O)NC3CNC3)ccc2N1. The molecule has 0 unspecified atom stereocenters. The Balaban J connectivity index is 1.77. The molecule has 17 heavy (non-hydrogen) atoms. The van der Waals surface area contributed by atoms with Gasteiger partial charge in [-0.1, -0.05) is 0 Å². The van der Waals surface area contributed by atoms with Crippen molar-refractivity contribution in [1.82, 2.24) is 10.6 Å². The van der Waals surface area contributed by atoms with Gasteiger partial charge in [-0.25, -0.2) is 0 Å². The van der Waals surface area contributed by atoms with Crippen LogP contribution in [0.15, 0.2) is 18.2 Å². The van der Waals surface area contributed by atoms with E-state index in [2.05, 4.69) is 16.0 Å². The van der Waals surface area contributed by atoms with Crippen molar-refractivity contribution in [1.29, 1.82) is 0 Å². The van der Waals surface area contributed by atoms with Gasteiger partial charge in [-0.2, -0.15) is 0 Å². The van der Waals surface area contributed by atoms with E-state index in [1.165, 1.54) is 0 Å². The number of rotatable bonds is 2. The van der Waals surface area contributed by atoms with Gasteiger partial charge in [0.25, 0.3) is 5.91 Å². The van der Waals surface area contributed by atoms with E-state index in [1.54, 1.807) is 18.2 Å². The van der Waals surface area contributed by atoms with Gasteiger partial charge >= 0.3 is 0 Å². The predicted octanol–water partition coefficient (Wildman–Crippen LogP) is -0.117. The maximum atomic E-state index is 11.9. The van der Waals surface area contributed by atoms with Crippen molar-refractivity contribution < 1.29 is 9.59 Å². The topological polar surface area (TPSA) is 70.2 Å². The molecule has 0 atom stereocenters. The molecule has 5 nitrogen and oxygen atoms in total. The lowest BCUT2D eigenvalue weighted by Gasteiger charge is -2.27. The van der Waals surface area contributed by atoms with Gasteiger partial charge < -0.3 is 16.0 Å². The van der Waals surface area contributed by atoms with E-state index in [0.29, 0.717) is 12.0 Å². The van der Waals surface area contributed by atoms with Crippen molar-refractivity contribution in [2.45, 2.75) is 12.5 Å². The minimum absolute atomic E-state index is 0.0132. The molecule has 1 fully saturated rings. The average molecular weight is 231 g/mol. The van der Waals surface area contributed by atoms with Crippen molar-refractivity contribution >= 4 is 17.5 Å². The normalized spacial score (nSPS) is 18.2. The summed E-state index contributed by atoms with van der Waals surface area (Å²) in [5, 5.41) is 8.77. The van der Waals surface area contributed by atoms with Gasteiger partial charge in [-0.05, 0) is 23.8 Å².